The molecule has 0 bridgehead atoms. The van der Waals surface area contributed by atoms with Crippen LogP contribution in [-0.2, 0) is 6.61 Å². The van der Waals surface area contributed by atoms with E-state index in [1.807, 2.05) is 19.1 Å². The molecule has 120 valence electrons. The molecule has 0 heterocycles. The van der Waals surface area contributed by atoms with E-state index >= 15 is 0 Å². The molecule has 0 saturated heterocycles. The number of nitrogens with one attached hydrogen (secondary N) is 1. The molecular weight excluding hydrogens is 300 g/mol. The van der Waals surface area contributed by atoms with Crippen LogP contribution in [0.15, 0.2) is 60.0 Å². The number of ether oxygens (including phenoxy) is 1. The fraction of sp³-hybridized carbons (Fsp3) is 0.118. The van der Waals surface area contributed by atoms with Gasteiger partial charge in [-0.3, -0.25) is 5.43 Å². The Morgan fingerprint density at radius 1 is 1.17 bits per heavy atom. The Morgan fingerprint density at radius 3 is 2.48 bits per heavy atom. The van der Waals surface area contributed by atoms with E-state index in [1.54, 1.807) is 12.1 Å². The molecule has 0 aliphatic carbocycles. The molecule has 3 N–H and O–H groups in total. The Bertz CT molecular complexity index is 727. The summed E-state index contributed by atoms with van der Waals surface area (Å²) in [4.78, 5) is 0. The molecule has 0 aliphatic heterocycles. The molecule has 0 atom stereocenters. The zero-order valence-electron chi connectivity index (χ0n) is 12.6. The number of hydrogen-bond donors (Lipinski definition) is 2. The SMILES string of the molecule is C=C(N)N/N=C(\C)c1ccc(OCc2ccc(F)c(F)c2)cc1. The van der Waals surface area contributed by atoms with Crippen molar-refractivity contribution in [3.63, 3.8) is 0 Å². The highest BCUT2D eigenvalue weighted by Gasteiger charge is 2.04. The van der Waals surface area contributed by atoms with E-state index in [4.69, 9.17) is 10.5 Å². The van der Waals surface area contributed by atoms with Crippen molar-refractivity contribution in [3.8, 4) is 5.75 Å². The fourth-order valence-corrected chi connectivity index (χ4v) is 1.81. The zero-order chi connectivity index (χ0) is 16.8. The molecule has 4 nitrogen and oxygen atoms in total. The van der Waals surface area contributed by atoms with Gasteiger partial charge in [-0.15, -0.1) is 0 Å². The molecule has 0 fully saturated rings. The van der Waals surface area contributed by atoms with Gasteiger partial charge in [-0.05, 0) is 54.4 Å². The number of halogens is 2. The summed E-state index contributed by atoms with van der Waals surface area (Å²) in [5.74, 6) is -0.887. The lowest BCUT2D eigenvalue weighted by Crippen LogP contribution is -2.14. The summed E-state index contributed by atoms with van der Waals surface area (Å²) in [5, 5.41) is 4.06. The van der Waals surface area contributed by atoms with E-state index in [-0.39, 0.29) is 12.4 Å². The molecule has 23 heavy (non-hydrogen) atoms. The predicted octanol–water partition coefficient (Wildman–Crippen LogP) is 3.29. The maximum Gasteiger partial charge on any atom is 0.159 e. The molecule has 0 spiro atoms. The molecule has 0 saturated carbocycles. The highest BCUT2D eigenvalue weighted by Crippen LogP contribution is 2.16. The van der Waals surface area contributed by atoms with E-state index in [0.29, 0.717) is 11.3 Å². The normalized spacial score (nSPS) is 11.2. The van der Waals surface area contributed by atoms with Crippen LogP contribution in [0.3, 0.4) is 0 Å². The fourth-order valence-electron chi connectivity index (χ4n) is 1.81. The minimum absolute atomic E-state index is 0.151. The van der Waals surface area contributed by atoms with Gasteiger partial charge >= 0.3 is 0 Å². The van der Waals surface area contributed by atoms with Crippen LogP contribution < -0.4 is 15.9 Å². The lowest BCUT2D eigenvalue weighted by molar-refractivity contribution is 0.305. The summed E-state index contributed by atoms with van der Waals surface area (Å²) in [6.07, 6.45) is 0. The van der Waals surface area contributed by atoms with Crippen molar-refractivity contribution >= 4 is 5.71 Å². The van der Waals surface area contributed by atoms with Gasteiger partial charge in [-0.1, -0.05) is 12.6 Å². The summed E-state index contributed by atoms with van der Waals surface area (Å²) in [6.45, 7) is 5.47. The predicted molar refractivity (Wildman–Crippen MR) is 85.8 cm³/mol. The maximum absolute atomic E-state index is 13.1. The minimum atomic E-state index is -0.887. The maximum atomic E-state index is 13.1. The first-order valence-corrected chi connectivity index (χ1v) is 6.87. The summed E-state index contributed by atoms with van der Waals surface area (Å²) in [5.41, 5.74) is 10.1. The molecule has 2 rings (SSSR count). The van der Waals surface area contributed by atoms with Crippen LogP contribution in [0.1, 0.15) is 18.1 Å². The second-order valence-electron chi connectivity index (χ2n) is 4.90. The summed E-state index contributed by atoms with van der Waals surface area (Å²) in [6, 6.07) is 10.9. The Balaban J connectivity index is 1.98. The molecule has 0 radical (unpaired) electrons. The lowest BCUT2D eigenvalue weighted by atomic mass is 10.1. The van der Waals surface area contributed by atoms with Crippen LogP contribution in [0.2, 0.25) is 0 Å². The Labute approximate surface area is 133 Å². The second kappa shape index (κ2) is 7.40. The molecule has 6 heteroatoms. The Morgan fingerprint density at radius 2 is 1.87 bits per heavy atom. The Hall–Kier alpha value is -2.89. The summed E-state index contributed by atoms with van der Waals surface area (Å²) >= 11 is 0. The van der Waals surface area contributed by atoms with Crippen LogP contribution >= 0.6 is 0 Å². The molecule has 0 aliphatic rings. The van der Waals surface area contributed by atoms with Gasteiger partial charge in [-0.25, -0.2) is 8.78 Å². The summed E-state index contributed by atoms with van der Waals surface area (Å²) < 4.78 is 31.5. The number of nitrogens with two attached hydrogens (primary N) is 1. The average Bonchev–Trinajstić information content (AvgIpc) is 2.54. The highest BCUT2D eigenvalue weighted by molar-refractivity contribution is 5.98. The first-order valence-electron chi connectivity index (χ1n) is 6.87. The van der Waals surface area contributed by atoms with Crippen LogP contribution in [0.5, 0.6) is 5.75 Å². The quantitative estimate of drug-likeness (QED) is 0.635. The van der Waals surface area contributed by atoms with Crippen molar-refractivity contribution in [3.05, 3.63) is 77.6 Å². The molecule has 0 aromatic heterocycles. The standard InChI is InChI=1S/C17H17F2N3O/c1-11(21-22-12(2)20)14-4-6-15(7-5-14)23-10-13-3-8-16(18)17(19)9-13/h3-9,22H,2,10,20H2,1H3/b21-11+. The van der Waals surface area contributed by atoms with Gasteiger partial charge < -0.3 is 10.5 Å². The third kappa shape index (κ3) is 4.81. The summed E-state index contributed by atoms with van der Waals surface area (Å²) in [7, 11) is 0. The van der Waals surface area contributed by atoms with Crippen molar-refractivity contribution < 1.29 is 13.5 Å². The monoisotopic (exact) mass is 317 g/mol. The number of rotatable bonds is 6. The van der Waals surface area contributed by atoms with Crippen molar-refractivity contribution in [1.29, 1.82) is 0 Å². The number of nitrogens with zero attached hydrogens (tertiary/aromatic N) is 1. The van der Waals surface area contributed by atoms with E-state index in [2.05, 4.69) is 17.1 Å². The molecule has 0 unspecified atom stereocenters. The zero-order valence-corrected chi connectivity index (χ0v) is 12.6. The van der Waals surface area contributed by atoms with Gasteiger partial charge in [0.25, 0.3) is 0 Å². The van der Waals surface area contributed by atoms with Crippen LogP contribution in [-0.4, -0.2) is 5.71 Å². The van der Waals surface area contributed by atoms with Gasteiger partial charge in [0, 0.05) is 0 Å². The Kier molecular flexibility index (Phi) is 5.30. The van der Waals surface area contributed by atoms with Crippen molar-refractivity contribution in [1.82, 2.24) is 5.43 Å². The third-order valence-electron chi connectivity index (χ3n) is 3.03. The first kappa shape index (κ1) is 16.5. The molecular formula is C17H17F2N3O. The van der Waals surface area contributed by atoms with Crippen LogP contribution in [0, 0.1) is 11.6 Å². The van der Waals surface area contributed by atoms with Gasteiger partial charge in [-0.2, -0.15) is 5.10 Å². The largest absolute Gasteiger partial charge is 0.489 e. The van der Waals surface area contributed by atoms with E-state index in [9.17, 15) is 8.78 Å². The second-order valence-corrected chi connectivity index (χ2v) is 4.90. The van der Waals surface area contributed by atoms with Gasteiger partial charge in [0.05, 0.1) is 5.71 Å². The molecule has 0 amide bonds. The van der Waals surface area contributed by atoms with E-state index in [1.165, 1.54) is 6.07 Å². The smallest absolute Gasteiger partial charge is 0.159 e. The lowest BCUT2D eigenvalue weighted by Gasteiger charge is -2.08. The van der Waals surface area contributed by atoms with Gasteiger partial charge in [0.1, 0.15) is 18.2 Å². The number of hydrogen-bond acceptors (Lipinski definition) is 4. The topological polar surface area (TPSA) is 59.6 Å². The number of benzene rings is 2. The number of hydrazone groups is 1. The van der Waals surface area contributed by atoms with E-state index in [0.717, 1.165) is 23.4 Å². The minimum Gasteiger partial charge on any atom is -0.489 e. The molecule has 2 aromatic carbocycles. The van der Waals surface area contributed by atoms with Crippen LogP contribution in [0.4, 0.5) is 8.78 Å². The third-order valence-corrected chi connectivity index (χ3v) is 3.03. The van der Waals surface area contributed by atoms with E-state index < -0.39 is 11.6 Å². The van der Waals surface area contributed by atoms with Crippen molar-refractivity contribution in [2.75, 3.05) is 0 Å². The highest BCUT2D eigenvalue weighted by atomic mass is 19.2. The van der Waals surface area contributed by atoms with Gasteiger partial charge in [0.2, 0.25) is 0 Å². The average molecular weight is 317 g/mol. The van der Waals surface area contributed by atoms with Crippen LogP contribution in [0.25, 0.3) is 0 Å². The van der Waals surface area contributed by atoms with Crippen molar-refractivity contribution in [2.45, 2.75) is 13.5 Å². The first-order chi connectivity index (χ1) is 11.0. The van der Waals surface area contributed by atoms with Crippen molar-refractivity contribution in [2.24, 2.45) is 10.8 Å². The molecule has 2 aromatic rings. The van der Waals surface area contributed by atoms with Gasteiger partial charge in [0.15, 0.2) is 11.6 Å².